The molecule has 1 amide bonds. The molecule has 0 spiro atoms. The second-order valence-electron chi connectivity index (χ2n) is 9.16. The molecule has 7 heteroatoms. The van der Waals surface area contributed by atoms with E-state index >= 15 is 0 Å². The lowest BCUT2D eigenvalue weighted by atomic mass is 9.85. The molecule has 1 aliphatic heterocycles. The molecular weight excluding hydrogens is 434 g/mol. The van der Waals surface area contributed by atoms with Gasteiger partial charge >= 0.3 is 0 Å². The van der Waals surface area contributed by atoms with Crippen molar-refractivity contribution >= 4 is 17.4 Å². The minimum Gasteiger partial charge on any atom is -0.507 e. The number of rotatable bonds is 9. The highest BCUT2D eigenvalue weighted by Gasteiger charge is 2.45. The molecule has 182 valence electrons. The van der Waals surface area contributed by atoms with Crippen molar-refractivity contribution in [1.82, 2.24) is 4.90 Å². The molecule has 1 unspecified atom stereocenters. The highest BCUT2D eigenvalue weighted by molar-refractivity contribution is 6.46. The number of carbonyl (C=O) groups excluding carboxylic acids is 2. The average molecular weight is 468 g/mol. The molecule has 0 aromatic heterocycles. The van der Waals surface area contributed by atoms with Crippen molar-refractivity contribution in [3.63, 3.8) is 0 Å². The van der Waals surface area contributed by atoms with E-state index < -0.39 is 17.7 Å². The van der Waals surface area contributed by atoms with Crippen LogP contribution in [0.1, 0.15) is 50.4 Å². The number of hydrogen-bond acceptors (Lipinski definition) is 6. The van der Waals surface area contributed by atoms with E-state index in [4.69, 9.17) is 14.6 Å². The van der Waals surface area contributed by atoms with Gasteiger partial charge in [-0.3, -0.25) is 9.59 Å². The Bertz CT molecular complexity index is 1030. The molecule has 2 aromatic carbocycles. The number of hydrogen-bond donors (Lipinski definition) is 2. The Kier molecular flexibility index (Phi) is 8.12. The maximum Gasteiger partial charge on any atom is 0.295 e. The Morgan fingerprint density at radius 1 is 1.00 bits per heavy atom. The highest BCUT2D eigenvalue weighted by atomic mass is 16.5. The van der Waals surface area contributed by atoms with E-state index in [9.17, 15) is 14.7 Å². The summed E-state index contributed by atoms with van der Waals surface area (Å²) in [5.41, 5.74) is 2.25. The van der Waals surface area contributed by atoms with Crippen molar-refractivity contribution in [3.8, 4) is 5.75 Å². The van der Waals surface area contributed by atoms with Crippen molar-refractivity contribution in [1.29, 1.82) is 0 Å². The van der Waals surface area contributed by atoms with Gasteiger partial charge in [0, 0.05) is 12.1 Å². The molecular formula is C27H33NO6. The van der Waals surface area contributed by atoms with Crippen molar-refractivity contribution in [2.75, 3.05) is 33.0 Å². The fourth-order valence-corrected chi connectivity index (χ4v) is 3.98. The molecule has 2 aromatic rings. The van der Waals surface area contributed by atoms with Gasteiger partial charge in [-0.25, -0.2) is 0 Å². The molecule has 0 aliphatic carbocycles. The maximum absolute atomic E-state index is 13.1. The number of aliphatic hydroxyl groups is 2. The summed E-state index contributed by atoms with van der Waals surface area (Å²) in [7, 11) is 0. The number of amides is 1. The molecule has 3 rings (SSSR count). The van der Waals surface area contributed by atoms with Crippen molar-refractivity contribution in [2.24, 2.45) is 0 Å². The van der Waals surface area contributed by atoms with E-state index in [0.717, 1.165) is 11.1 Å². The summed E-state index contributed by atoms with van der Waals surface area (Å²) in [6.45, 7) is 9.04. The fraction of sp³-hybridized carbons (Fsp3) is 0.407. The van der Waals surface area contributed by atoms with Gasteiger partial charge in [-0.15, -0.1) is 0 Å². The van der Waals surface area contributed by atoms with Crippen LogP contribution in [-0.4, -0.2) is 59.8 Å². The van der Waals surface area contributed by atoms with Gasteiger partial charge in [-0.2, -0.15) is 0 Å². The number of nitrogens with zero attached hydrogens (tertiary/aromatic N) is 1. The molecule has 0 saturated carbocycles. The Morgan fingerprint density at radius 2 is 1.65 bits per heavy atom. The monoisotopic (exact) mass is 467 g/mol. The number of ketones is 1. The third-order valence-electron chi connectivity index (χ3n) is 5.78. The summed E-state index contributed by atoms with van der Waals surface area (Å²) < 4.78 is 10.8. The van der Waals surface area contributed by atoms with E-state index in [1.807, 2.05) is 31.2 Å². The molecule has 1 heterocycles. The van der Waals surface area contributed by atoms with Gasteiger partial charge < -0.3 is 24.6 Å². The Labute approximate surface area is 200 Å². The first-order valence-corrected chi connectivity index (χ1v) is 11.5. The number of ether oxygens (including phenoxy) is 2. The maximum atomic E-state index is 13.1. The standard InChI is InChI=1S/C27H33NO6/c1-5-34-21-12-8-19(9-13-21)24(30)22-23(18-6-10-20(11-7-18)27(2,3)4)28(26(32)25(22)31)14-16-33-17-15-29/h6-13,23,29-30H,5,14-17H2,1-4H3. The molecule has 1 aliphatic rings. The van der Waals surface area contributed by atoms with Crippen LogP contribution in [0.5, 0.6) is 5.75 Å². The minimum absolute atomic E-state index is 0.0415. The number of Topliss-reactive ketones (excluding diaryl/α,β-unsaturated/α-hetero) is 1. The minimum atomic E-state index is -0.752. The number of carbonyl (C=O) groups is 2. The molecule has 0 radical (unpaired) electrons. The number of aliphatic hydroxyl groups excluding tert-OH is 2. The lowest BCUT2D eigenvalue weighted by Gasteiger charge is -2.26. The fourth-order valence-electron chi connectivity index (χ4n) is 3.98. The number of benzene rings is 2. The zero-order valence-corrected chi connectivity index (χ0v) is 20.2. The zero-order valence-electron chi connectivity index (χ0n) is 20.2. The SMILES string of the molecule is CCOc1ccc(C(O)=C2C(=O)C(=O)N(CCOCCO)C2c2ccc(C(C)(C)C)cc2)cc1. The van der Waals surface area contributed by atoms with E-state index in [-0.39, 0.29) is 43.1 Å². The summed E-state index contributed by atoms with van der Waals surface area (Å²) in [4.78, 5) is 27.5. The van der Waals surface area contributed by atoms with Crippen molar-refractivity contribution in [2.45, 2.75) is 39.2 Å². The zero-order chi connectivity index (χ0) is 24.9. The second kappa shape index (κ2) is 10.8. The summed E-state index contributed by atoms with van der Waals surface area (Å²) in [5.74, 6) is -1.01. The predicted octanol–water partition coefficient (Wildman–Crippen LogP) is 3.81. The molecule has 1 saturated heterocycles. The summed E-state index contributed by atoms with van der Waals surface area (Å²) in [6, 6.07) is 13.8. The van der Waals surface area contributed by atoms with E-state index in [2.05, 4.69) is 20.8 Å². The Balaban J connectivity index is 2.05. The topological polar surface area (TPSA) is 96.3 Å². The molecule has 7 nitrogen and oxygen atoms in total. The Hall–Kier alpha value is -3.16. The van der Waals surface area contributed by atoms with Crippen LogP contribution in [0.4, 0.5) is 0 Å². The van der Waals surface area contributed by atoms with E-state index in [0.29, 0.717) is 17.9 Å². The van der Waals surface area contributed by atoms with Gasteiger partial charge in [0.25, 0.3) is 11.7 Å². The van der Waals surface area contributed by atoms with Gasteiger partial charge in [0.2, 0.25) is 0 Å². The third-order valence-corrected chi connectivity index (χ3v) is 5.78. The normalized spacial score (nSPS) is 17.9. The van der Waals surface area contributed by atoms with Crippen LogP contribution in [-0.2, 0) is 19.7 Å². The van der Waals surface area contributed by atoms with Gasteiger partial charge in [0.05, 0.1) is 38.0 Å². The first-order valence-electron chi connectivity index (χ1n) is 11.5. The summed E-state index contributed by atoms with van der Waals surface area (Å²) in [6.07, 6.45) is 0. The lowest BCUT2D eigenvalue weighted by molar-refractivity contribution is -0.140. The van der Waals surface area contributed by atoms with Crippen LogP contribution in [0.3, 0.4) is 0 Å². The second-order valence-corrected chi connectivity index (χ2v) is 9.16. The predicted molar refractivity (Wildman–Crippen MR) is 130 cm³/mol. The Morgan fingerprint density at radius 3 is 2.21 bits per heavy atom. The first-order chi connectivity index (χ1) is 16.2. The van der Waals surface area contributed by atoms with Crippen molar-refractivity contribution < 1.29 is 29.3 Å². The van der Waals surface area contributed by atoms with Crippen LogP contribution >= 0.6 is 0 Å². The molecule has 1 fully saturated rings. The molecule has 0 bridgehead atoms. The van der Waals surface area contributed by atoms with Gasteiger partial charge in [-0.05, 0) is 47.7 Å². The van der Waals surface area contributed by atoms with Gasteiger partial charge in [-0.1, -0.05) is 45.0 Å². The highest BCUT2D eigenvalue weighted by Crippen LogP contribution is 2.40. The van der Waals surface area contributed by atoms with Crippen LogP contribution < -0.4 is 4.74 Å². The molecule has 34 heavy (non-hydrogen) atoms. The van der Waals surface area contributed by atoms with E-state index in [1.54, 1.807) is 24.3 Å². The van der Waals surface area contributed by atoms with E-state index in [1.165, 1.54) is 4.90 Å². The quantitative estimate of drug-likeness (QED) is 0.252. The smallest absolute Gasteiger partial charge is 0.295 e. The molecule has 1 atom stereocenters. The van der Waals surface area contributed by atoms with Crippen LogP contribution in [0.2, 0.25) is 0 Å². The van der Waals surface area contributed by atoms with Gasteiger partial charge in [0.1, 0.15) is 11.5 Å². The lowest BCUT2D eigenvalue weighted by Crippen LogP contribution is -2.33. The third kappa shape index (κ3) is 5.48. The van der Waals surface area contributed by atoms with Crippen LogP contribution in [0.25, 0.3) is 5.76 Å². The first kappa shape index (κ1) is 25.5. The average Bonchev–Trinajstić information content (AvgIpc) is 3.06. The largest absolute Gasteiger partial charge is 0.507 e. The summed E-state index contributed by atoms with van der Waals surface area (Å²) in [5, 5.41) is 20.1. The summed E-state index contributed by atoms with van der Waals surface area (Å²) >= 11 is 0. The van der Waals surface area contributed by atoms with Crippen LogP contribution in [0.15, 0.2) is 54.1 Å². The van der Waals surface area contributed by atoms with Crippen molar-refractivity contribution in [3.05, 3.63) is 70.8 Å². The number of likely N-dealkylation sites (tertiary alicyclic amines) is 1. The molecule has 2 N–H and O–H groups in total. The van der Waals surface area contributed by atoms with Crippen LogP contribution in [0, 0.1) is 0 Å². The van der Waals surface area contributed by atoms with Gasteiger partial charge in [0.15, 0.2) is 0 Å².